The summed E-state index contributed by atoms with van der Waals surface area (Å²) >= 11 is 0. The highest BCUT2D eigenvalue weighted by Crippen LogP contribution is 2.12. The lowest BCUT2D eigenvalue weighted by Gasteiger charge is -2.04. The van der Waals surface area contributed by atoms with Gasteiger partial charge in [-0.2, -0.15) is 0 Å². The van der Waals surface area contributed by atoms with Gasteiger partial charge < -0.3 is 4.74 Å². The Labute approximate surface area is 161 Å². The number of imide groups is 1. The summed E-state index contributed by atoms with van der Waals surface area (Å²) < 4.78 is 4.85. The van der Waals surface area contributed by atoms with E-state index in [0.29, 0.717) is 5.69 Å². The summed E-state index contributed by atoms with van der Waals surface area (Å²) in [5, 5.41) is 3.19. The van der Waals surface area contributed by atoms with Gasteiger partial charge in [0, 0.05) is 11.5 Å². The Bertz CT molecular complexity index is 1030. The summed E-state index contributed by atoms with van der Waals surface area (Å²) in [4.78, 5) is 39.7. The van der Waals surface area contributed by atoms with Gasteiger partial charge in [-0.15, -0.1) is 0 Å². The predicted octanol–water partition coefficient (Wildman–Crippen LogP) is 2.68. The van der Waals surface area contributed by atoms with E-state index in [1.165, 1.54) is 12.2 Å². The zero-order valence-electron chi connectivity index (χ0n) is 15.0. The third-order valence-corrected chi connectivity index (χ3v) is 3.84. The van der Waals surface area contributed by atoms with Crippen molar-refractivity contribution in [1.29, 1.82) is 0 Å². The van der Waals surface area contributed by atoms with Crippen LogP contribution in [0, 0.1) is 0 Å². The van der Waals surface area contributed by atoms with Crippen LogP contribution in [0.5, 0.6) is 0 Å². The molecule has 1 N–H and O–H groups in total. The third-order valence-electron chi connectivity index (χ3n) is 3.84. The van der Waals surface area contributed by atoms with Crippen molar-refractivity contribution in [3.8, 4) is 0 Å². The van der Waals surface area contributed by atoms with Crippen LogP contribution in [0.3, 0.4) is 0 Å². The summed E-state index contributed by atoms with van der Waals surface area (Å²) in [7, 11) is 0. The molecule has 6 heteroatoms. The van der Waals surface area contributed by atoms with Crippen molar-refractivity contribution in [1.82, 2.24) is 10.3 Å². The highest BCUT2D eigenvalue weighted by Gasteiger charge is 2.10. The first-order valence-corrected chi connectivity index (χ1v) is 8.67. The second-order valence-electron chi connectivity index (χ2n) is 6.00. The van der Waals surface area contributed by atoms with Crippen LogP contribution in [0.2, 0.25) is 0 Å². The number of hydrogen-bond donors (Lipinski definition) is 1. The van der Waals surface area contributed by atoms with Gasteiger partial charge in [0.25, 0.3) is 5.91 Å². The van der Waals surface area contributed by atoms with E-state index >= 15 is 0 Å². The summed E-state index contributed by atoms with van der Waals surface area (Å²) in [5.41, 5.74) is 2.20. The van der Waals surface area contributed by atoms with Gasteiger partial charge in [-0.05, 0) is 23.8 Å². The van der Waals surface area contributed by atoms with Crippen molar-refractivity contribution >= 4 is 34.8 Å². The standard InChI is InChI=1S/C22H18N2O4/c25-20(14-16-6-2-1-3-7-16)24-21(26)15-28-22(27)13-12-18-11-10-17-8-4-5-9-19(17)23-18/h1-13H,14-15H2,(H,24,25,26)/b13-12+. The van der Waals surface area contributed by atoms with E-state index in [0.717, 1.165) is 16.5 Å². The highest BCUT2D eigenvalue weighted by molar-refractivity contribution is 5.97. The molecule has 0 spiro atoms. The quantitative estimate of drug-likeness (QED) is 0.530. The first-order chi connectivity index (χ1) is 13.6. The minimum atomic E-state index is -0.694. The molecule has 0 aliphatic carbocycles. The number of pyridine rings is 1. The Morgan fingerprint density at radius 3 is 2.46 bits per heavy atom. The number of esters is 1. The fraction of sp³-hybridized carbons (Fsp3) is 0.0909. The number of benzene rings is 2. The van der Waals surface area contributed by atoms with E-state index in [-0.39, 0.29) is 6.42 Å². The Hall–Kier alpha value is -3.80. The molecule has 0 aliphatic heterocycles. The molecule has 0 saturated heterocycles. The van der Waals surface area contributed by atoms with Gasteiger partial charge in [0.2, 0.25) is 5.91 Å². The average molecular weight is 374 g/mol. The van der Waals surface area contributed by atoms with Gasteiger partial charge in [0.1, 0.15) is 0 Å². The van der Waals surface area contributed by atoms with Crippen molar-refractivity contribution < 1.29 is 19.1 Å². The topological polar surface area (TPSA) is 85.4 Å². The van der Waals surface area contributed by atoms with E-state index in [1.54, 1.807) is 18.2 Å². The molecule has 6 nitrogen and oxygen atoms in total. The molecular weight excluding hydrogens is 356 g/mol. The first-order valence-electron chi connectivity index (χ1n) is 8.67. The lowest BCUT2D eigenvalue weighted by atomic mass is 10.1. The molecular formula is C22H18N2O4. The Balaban J connectivity index is 1.45. The fourth-order valence-electron chi connectivity index (χ4n) is 2.53. The Kier molecular flexibility index (Phi) is 6.25. The number of fused-ring (bicyclic) bond motifs is 1. The molecule has 2 amide bonds. The van der Waals surface area contributed by atoms with E-state index in [9.17, 15) is 14.4 Å². The zero-order chi connectivity index (χ0) is 19.8. The number of carbonyl (C=O) groups excluding carboxylic acids is 3. The van der Waals surface area contributed by atoms with Crippen molar-refractivity contribution in [2.45, 2.75) is 6.42 Å². The molecule has 1 heterocycles. The van der Waals surface area contributed by atoms with Crippen LogP contribution in [-0.2, 0) is 25.5 Å². The molecule has 2 aromatic carbocycles. The molecule has 0 fully saturated rings. The summed E-state index contributed by atoms with van der Waals surface area (Å²) in [5.74, 6) is -1.82. The second kappa shape index (κ2) is 9.23. The van der Waals surface area contributed by atoms with E-state index in [2.05, 4.69) is 10.3 Å². The summed E-state index contributed by atoms with van der Waals surface area (Å²) in [6, 6.07) is 20.3. The van der Waals surface area contributed by atoms with Crippen LogP contribution < -0.4 is 5.32 Å². The molecule has 3 aromatic rings. The number of aromatic nitrogens is 1. The van der Waals surface area contributed by atoms with Crippen molar-refractivity contribution in [3.05, 3.63) is 84.1 Å². The van der Waals surface area contributed by atoms with Crippen LogP contribution in [-0.4, -0.2) is 29.4 Å². The Morgan fingerprint density at radius 1 is 0.893 bits per heavy atom. The maximum atomic E-state index is 11.8. The summed E-state index contributed by atoms with van der Waals surface area (Å²) in [6.45, 7) is -0.533. The van der Waals surface area contributed by atoms with Crippen LogP contribution >= 0.6 is 0 Å². The smallest absolute Gasteiger partial charge is 0.331 e. The normalized spacial score (nSPS) is 10.7. The number of carbonyl (C=O) groups is 3. The van der Waals surface area contributed by atoms with Crippen LogP contribution in [0.15, 0.2) is 72.8 Å². The number of amides is 2. The number of nitrogens with zero attached hydrogens (tertiary/aromatic N) is 1. The van der Waals surface area contributed by atoms with Gasteiger partial charge in [0.05, 0.1) is 17.6 Å². The van der Waals surface area contributed by atoms with Gasteiger partial charge >= 0.3 is 5.97 Å². The fourth-order valence-corrected chi connectivity index (χ4v) is 2.53. The molecule has 0 bridgehead atoms. The number of ether oxygens (including phenoxy) is 1. The number of nitrogens with one attached hydrogen (secondary N) is 1. The summed E-state index contributed by atoms with van der Waals surface area (Å²) in [6.07, 6.45) is 2.78. The van der Waals surface area contributed by atoms with Crippen LogP contribution in [0.4, 0.5) is 0 Å². The third kappa shape index (κ3) is 5.60. The lowest BCUT2D eigenvalue weighted by Crippen LogP contribution is -2.35. The molecule has 0 saturated carbocycles. The minimum absolute atomic E-state index is 0.0774. The molecule has 1 aromatic heterocycles. The number of rotatable bonds is 6. The van der Waals surface area contributed by atoms with Gasteiger partial charge in [-0.3, -0.25) is 14.9 Å². The van der Waals surface area contributed by atoms with Crippen molar-refractivity contribution in [2.24, 2.45) is 0 Å². The van der Waals surface area contributed by atoms with Gasteiger partial charge in [-0.1, -0.05) is 54.6 Å². The van der Waals surface area contributed by atoms with Crippen LogP contribution in [0.1, 0.15) is 11.3 Å². The molecule has 140 valence electrons. The monoisotopic (exact) mass is 374 g/mol. The molecule has 3 rings (SSSR count). The molecule has 0 aliphatic rings. The molecule has 0 unspecified atom stereocenters. The minimum Gasteiger partial charge on any atom is -0.452 e. The lowest BCUT2D eigenvalue weighted by molar-refractivity contribution is -0.145. The van der Waals surface area contributed by atoms with Crippen molar-refractivity contribution in [2.75, 3.05) is 6.61 Å². The molecule has 28 heavy (non-hydrogen) atoms. The van der Waals surface area contributed by atoms with Crippen molar-refractivity contribution in [3.63, 3.8) is 0 Å². The zero-order valence-corrected chi connectivity index (χ0v) is 15.0. The van der Waals surface area contributed by atoms with Gasteiger partial charge in [0.15, 0.2) is 6.61 Å². The molecule has 0 atom stereocenters. The van der Waals surface area contributed by atoms with E-state index in [4.69, 9.17) is 4.74 Å². The maximum absolute atomic E-state index is 11.8. The predicted molar refractivity (Wildman–Crippen MR) is 105 cm³/mol. The largest absolute Gasteiger partial charge is 0.452 e. The van der Waals surface area contributed by atoms with Gasteiger partial charge in [-0.25, -0.2) is 9.78 Å². The Morgan fingerprint density at radius 2 is 1.64 bits per heavy atom. The molecule has 0 radical (unpaired) electrons. The SMILES string of the molecule is O=C(COC(=O)/C=C/c1ccc2ccccc2n1)NC(=O)Cc1ccccc1. The maximum Gasteiger partial charge on any atom is 0.331 e. The number of hydrogen-bond acceptors (Lipinski definition) is 5. The van der Waals surface area contributed by atoms with E-state index < -0.39 is 24.4 Å². The average Bonchev–Trinajstić information content (AvgIpc) is 2.71. The second-order valence-corrected chi connectivity index (χ2v) is 6.00. The first kappa shape index (κ1) is 19.0. The van der Waals surface area contributed by atoms with E-state index in [1.807, 2.05) is 48.5 Å². The number of para-hydroxylation sites is 1. The highest BCUT2D eigenvalue weighted by atomic mass is 16.5. The van der Waals surface area contributed by atoms with Crippen LogP contribution in [0.25, 0.3) is 17.0 Å².